The molecule has 1 N–H and O–H groups in total. The normalized spacial score (nSPS) is 12.7. The second-order valence-electron chi connectivity index (χ2n) is 3.78. The van der Waals surface area contributed by atoms with Gasteiger partial charge in [-0.2, -0.15) is 0 Å². The molecule has 0 aliphatic rings. The fraction of sp³-hybridized carbons (Fsp3) is 0.273. The van der Waals surface area contributed by atoms with E-state index in [2.05, 4.69) is 54.1 Å². The summed E-state index contributed by atoms with van der Waals surface area (Å²) < 4.78 is 3.52. The van der Waals surface area contributed by atoms with Crippen LogP contribution in [0.4, 0.5) is 0 Å². The molecule has 0 saturated heterocycles. The molecule has 0 aliphatic carbocycles. The molecular weight excluding hydrogens is 430 g/mol. The maximum atomic E-state index is 6.17. The summed E-state index contributed by atoms with van der Waals surface area (Å²) in [4.78, 5) is 0. The van der Waals surface area contributed by atoms with Crippen LogP contribution in [0.1, 0.15) is 17.3 Å². The van der Waals surface area contributed by atoms with Gasteiger partial charge in [-0.15, -0.1) is 5.10 Å². The van der Waals surface area contributed by atoms with Gasteiger partial charge in [-0.25, -0.2) is 4.68 Å². The summed E-state index contributed by atoms with van der Waals surface area (Å²) in [5, 5.41) is 12.0. The molecule has 1 atom stereocenters. The Bertz CT molecular complexity index is 553. The van der Waals surface area contributed by atoms with E-state index in [-0.39, 0.29) is 6.04 Å². The highest BCUT2D eigenvalue weighted by Gasteiger charge is 2.20. The van der Waals surface area contributed by atoms with Crippen LogP contribution in [-0.2, 0) is 7.05 Å². The van der Waals surface area contributed by atoms with Crippen molar-refractivity contribution < 1.29 is 0 Å². The van der Waals surface area contributed by atoms with Crippen molar-refractivity contribution in [1.82, 2.24) is 20.3 Å². The highest BCUT2D eigenvalue weighted by molar-refractivity contribution is 14.1. The Morgan fingerprint density at radius 3 is 2.72 bits per heavy atom. The molecule has 7 heteroatoms. The van der Waals surface area contributed by atoms with Gasteiger partial charge in [-0.05, 0) is 63.3 Å². The molecular formula is C11H11BrClIN4. The van der Waals surface area contributed by atoms with Crippen molar-refractivity contribution in [3.05, 3.63) is 42.7 Å². The number of aryl methyl sites for hydroxylation is 1. The summed E-state index contributed by atoms with van der Waals surface area (Å²) >= 11 is 11.8. The molecule has 1 aromatic carbocycles. The first kappa shape index (κ1) is 14.2. The van der Waals surface area contributed by atoms with Crippen LogP contribution in [0, 0.1) is 3.57 Å². The molecule has 1 heterocycles. The van der Waals surface area contributed by atoms with Gasteiger partial charge < -0.3 is 5.32 Å². The summed E-state index contributed by atoms with van der Waals surface area (Å²) in [6.07, 6.45) is 0. The van der Waals surface area contributed by atoms with Crippen LogP contribution in [0.15, 0.2) is 22.8 Å². The largest absolute Gasteiger partial charge is 0.308 e. The number of nitrogens with one attached hydrogen (secondary N) is 1. The molecule has 0 spiro atoms. The predicted octanol–water partition coefficient (Wildman–Crippen LogP) is 3.14. The lowest BCUT2D eigenvalue weighted by Gasteiger charge is -2.17. The first-order chi connectivity index (χ1) is 8.54. The fourth-order valence-corrected chi connectivity index (χ4v) is 2.88. The predicted molar refractivity (Wildman–Crippen MR) is 83.8 cm³/mol. The third kappa shape index (κ3) is 2.71. The van der Waals surface area contributed by atoms with Crippen LogP contribution in [0.2, 0.25) is 5.02 Å². The molecule has 0 amide bonds. The molecule has 0 fully saturated rings. The lowest BCUT2D eigenvalue weighted by molar-refractivity contribution is 0.597. The number of hydrogen-bond donors (Lipinski definition) is 1. The molecule has 0 saturated carbocycles. The molecule has 18 heavy (non-hydrogen) atoms. The van der Waals surface area contributed by atoms with Crippen LogP contribution in [0.5, 0.6) is 0 Å². The van der Waals surface area contributed by atoms with E-state index in [1.165, 1.54) is 0 Å². The third-order valence-electron chi connectivity index (χ3n) is 2.67. The van der Waals surface area contributed by atoms with E-state index < -0.39 is 0 Å². The minimum Gasteiger partial charge on any atom is -0.308 e. The van der Waals surface area contributed by atoms with Gasteiger partial charge in [0.1, 0.15) is 0 Å². The molecule has 2 aromatic rings. The molecule has 4 nitrogen and oxygen atoms in total. The van der Waals surface area contributed by atoms with Crippen molar-refractivity contribution in [2.24, 2.45) is 7.05 Å². The van der Waals surface area contributed by atoms with Crippen molar-refractivity contribution >= 4 is 50.1 Å². The summed E-state index contributed by atoms with van der Waals surface area (Å²) in [5.41, 5.74) is 2.05. The Morgan fingerprint density at radius 2 is 2.22 bits per heavy atom. The van der Waals surface area contributed by atoms with E-state index in [1.807, 2.05) is 32.3 Å². The first-order valence-electron chi connectivity index (χ1n) is 5.22. The average molecular weight is 441 g/mol. The number of hydrogen-bond acceptors (Lipinski definition) is 3. The van der Waals surface area contributed by atoms with E-state index >= 15 is 0 Å². The standard InChI is InChI=1S/C11H11BrClIN4/c1-15-9(10-11(12)16-17-18(10)2)6-3-4-8(14)7(13)5-6/h3-5,9,15H,1-2H3. The van der Waals surface area contributed by atoms with Crippen LogP contribution in [0.25, 0.3) is 0 Å². The highest BCUT2D eigenvalue weighted by atomic mass is 127. The Morgan fingerprint density at radius 1 is 1.50 bits per heavy atom. The average Bonchev–Trinajstić information content (AvgIpc) is 2.66. The maximum Gasteiger partial charge on any atom is 0.153 e. The second kappa shape index (κ2) is 5.85. The number of benzene rings is 1. The van der Waals surface area contributed by atoms with E-state index in [0.717, 1.165) is 24.5 Å². The topological polar surface area (TPSA) is 42.7 Å². The van der Waals surface area contributed by atoms with Crippen LogP contribution >= 0.6 is 50.1 Å². The lowest BCUT2D eigenvalue weighted by Crippen LogP contribution is -2.21. The van der Waals surface area contributed by atoms with E-state index in [0.29, 0.717) is 0 Å². The molecule has 1 unspecified atom stereocenters. The fourth-order valence-electron chi connectivity index (χ4n) is 1.80. The van der Waals surface area contributed by atoms with Crippen LogP contribution in [0.3, 0.4) is 0 Å². The van der Waals surface area contributed by atoms with E-state index in [9.17, 15) is 0 Å². The molecule has 0 bridgehead atoms. The number of rotatable bonds is 3. The SMILES string of the molecule is CNC(c1ccc(I)c(Cl)c1)c1c(Br)nnn1C. The summed E-state index contributed by atoms with van der Waals surface area (Å²) in [6.45, 7) is 0. The van der Waals surface area contributed by atoms with Gasteiger partial charge in [-0.3, -0.25) is 0 Å². The van der Waals surface area contributed by atoms with Crippen molar-refractivity contribution in [3.63, 3.8) is 0 Å². The van der Waals surface area contributed by atoms with Crippen molar-refractivity contribution in [2.45, 2.75) is 6.04 Å². The number of aromatic nitrogens is 3. The first-order valence-corrected chi connectivity index (χ1v) is 7.47. The van der Waals surface area contributed by atoms with Gasteiger partial charge in [0.15, 0.2) is 4.60 Å². The Labute approximate surface area is 132 Å². The van der Waals surface area contributed by atoms with Gasteiger partial charge in [0.2, 0.25) is 0 Å². The lowest BCUT2D eigenvalue weighted by atomic mass is 10.0. The van der Waals surface area contributed by atoms with Crippen molar-refractivity contribution in [1.29, 1.82) is 0 Å². The highest BCUT2D eigenvalue weighted by Crippen LogP contribution is 2.29. The smallest absolute Gasteiger partial charge is 0.153 e. The van der Waals surface area contributed by atoms with Crippen molar-refractivity contribution in [2.75, 3.05) is 7.05 Å². The van der Waals surface area contributed by atoms with Gasteiger partial charge in [0, 0.05) is 10.6 Å². The molecule has 2 rings (SSSR count). The maximum absolute atomic E-state index is 6.17. The quantitative estimate of drug-likeness (QED) is 0.745. The molecule has 0 radical (unpaired) electrons. The zero-order chi connectivity index (χ0) is 13.3. The summed E-state index contributed by atoms with van der Waals surface area (Å²) in [7, 11) is 3.77. The van der Waals surface area contributed by atoms with Crippen molar-refractivity contribution in [3.8, 4) is 0 Å². The molecule has 96 valence electrons. The van der Waals surface area contributed by atoms with E-state index in [4.69, 9.17) is 11.6 Å². The number of halogens is 3. The Balaban J connectivity index is 2.48. The van der Waals surface area contributed by atoms with Gasteiger partial charge in [0.05, 0.1) is 16.8 Å². The zero-order valence-corrected chi connectivity index (χ0v) is 14.3. The number of nitrogens with zero attached hydrogens (tertiary/aromatic N) is 3. The molecule has 1 aromatic heterocycles. The third-order valence-corrected chi connectivity index (χ3v) is 4.80. The zero-order valence-electron chi connectivity index (χ0n) is 9.78. The molecule has 0 aliphatic heterocycles. The van der Waals surface area contributed by atoms with Gasteiger partial charge >= 0.3 is 0 Å². The van der Waals surface area contributed by atoms with Gasteiger partial charge in [-0.1, -0.05) is 22.9 Å². The van der Waals surface area contributed by atoms with Gasteiger partial charge in [0.25, 0.3) is 0 Å². The minimum atomic E-state index is -0.00567. The van der Waals surface area contributed by atoms with Crippen LogP contribution in [-0.4, -0.2) is 22.0 Å². The second-order valence-corrected chi connectivity index (χ2v) is 6.10. The van der Waals surface area contributed by atoms with E-state index in [1.54, 1.807) is 4.68 Å². The van der Waals surface area contributed by atoms with Crippen LogP contribution < -0.4 is 5.32 Å². The monoisotopic (exact) mass is 440 g/mol. The summed E-state index contributed by atoms with van der Waals surface area (Å²) in [6, 6.07) is 6.01. The Hall–Kier alpha value is -0.180. The minimum absolute atomic E-state index is 0.00567. The summed E-state index contributed by atoms with van der Waals surface area (Å²) in [5.74, 6) is 0. The Kier molecular flexibility index (Phi) is 4.63.